The van der Waals surface area contributed by atoms with E-state index in [1.165, 1.54) is 43.5 Å². The monoisotopic (exact) mass is 557 g/mol. The molecule has 2 heterocycles. The first kappa shape index (κ1) is 30.5. The van der Waals surface area contributed by atoms with Gasteiger partial charge in [-0.25, -0.2) is 4.79 Å². The average molecular weight is 558 g/mol. The Morgan fingerprint density at radius 1 is 0.902 bits per heavy atom. The molecule has 220 valence electrons. The van der Waals surface area contributed by atoms with Gasteiger partial charge in [0.1, 0.15) is 5.75 Å². The minimum Gasteiger partial charge on any atom is -0.494 e. The van der Waals surface area contributed by atoms with Crippen molar-refractivity contribution in [1.29, 1.82) is 0 Å². The smallest absolute Gasteiger partial charge is 0.314 e. The SMILES string of the molecule is CN(CCCNC(=O)NCCCOc1ccc(CN2CCCCC2)cc1)CCC(c1ccccc1)c1ccccn1. The number of hydrogen-bond acceptors (Lipinski definition) is 5. The van der Waals surface area contributed by atoms with E-state index in [4.69, 9.17) is 4.74 Å². The first-order valence-corrected chi connectivity index (χ1v) is 15.3. The molecule has 4 rings (SSSR count). The Morgan fingerprint density at radius 2 is 1.63 bits per heavy atom. The van der Waals surface area contributed by atoms with Gasteiger partial charge in [-0.2, -0.15) is 0 Å². The summed E-state index contributed by atoms with van der Waals surface area (Å²) in [4.78, 5) is 21.6. The number of pyridine rings is 1. The van der Waals surface area contributed by atoms with Crippen LogP contribution in [0.5, 0.6) is 5.75 Å². The molecule has 1 unspecified atom stereocenters. The number of likely N-dealkylation sites (tertiary alicyclic amines) is 1. The molecule has 1 saturated heterocycles. The number of piperidine rings is 1. The molecule has 1 aliphatic rings. The Bertz CT molecular complexity index is 1080. The normalized spacial score (nSPS) is 14.5. The first-order valence-electron chi connectivity index (χ1n) is 15.3. The van der Waals surface area contributed by atoms with Crippen LogP contribution < -0.4 is 15.4 Å². The van der Waals surface area contributed by atoms with Crippen molar-refractivity contribution in [2.45, 2.75) is 51.0 Å². The number of benzene rings is 2. The summed E-state index contributed by atoms with van der Waals surface area (Å²) in [5.41, 5.74) is 3.74. The van der Waals surface area contributed by atoms with E-state index in [1.807, 2.05) is 12.3 Å². The van der Waals surface area contributed by atoms with Crippen molar-refractivity contribution in [3.63, 3.8) is 0 Å². The van der Waals surface area contributed by atoms with Crippen LogP contribution in [-0.4, -0.2) is 73.7 Å². The molecule has 2 N–H and O–H groups in total. The molecule has 3 aromatic rings. The second-order valence-electron chi connectivity index (χ2n) is 11.0. The molecule has 2 aromatic carbocycles. The van der Waals surface area contributed by atoms with Gasteiger partial charge in [0, 0.05) is 37.4 Å². The van der Waals surface area contributed by atoms with Gasteiger partial charge in [-0.05, 0) is 101 Å². The zero-order valence-electron chi connectivity index (χ0n) is 24.6. The summed E-state index contributed by atoms with van der Waals surface area (Å²) in [6.45, 7) is 7.15. The van der Waals surface area contributed by atoms with Crippen molar-refractivity contribution in [1.82, 2.24) is 25.4 Å². The highest BCUT2D eigenvalue weighted by Crippen LogP contribution is 2.26. The number of nitrogens with one attached hydrogen (secondary N) is 2. The van der Waals surface area contributed by atoms with Crippen LogP contribution in [0, 0.1) is 0 Å². The molecule has 7 nitrogen and oxygen atoms in total. The summed E-state index contributed by atoms with van der Waals surface area (Å²) in [5, 5.41) is 5.90. The van der Waals surface area contributed by atoms with E-state index in [1.54, 1.807) is 0 Å². The third-order valence-electron chi connectivity index (χ3n) is 7.70. The number of carbonyl (C=O) groups excluding carboxylic acids is 1. The van der Waals surface area contributed by atoms with Gasteiger partial charge in [0.15, 0.2) is 0 Å². The van der Waals surface area contributed by atoms with Crippen molar-refractivity contribution in [2.75, 3.05) is 52.9 Å². The van der Waals surface area contributed by atoms with Crippen molar-refractivity contribution in [3.8, 4) is 5.75 Å². The zero-order valence-corrected chi connectivity index (χ0v) is 24.6. The van der Waals surface area contributed by atoms with Gasteiger partial charge in [0.25, 0.3) is 0 Å². The van der Waals surface area contributed by atoms with Crippen LogP contribution in [0.1, 0.15) is 61.3 Å². The fourth-order valence-corrected chi connectivity index (χ4v) is 5.36. The fourth-order valence-electron chi connectivity index (χ4n) is 5.36. The molecule has 41 heavy (non-hydrogen) atoms. The summed E-state index contributed by atoms with van der Waals surface area (Å²) in [5.74, 6) is 1.16. The number of urea groups is 1. The lowest BCUT2D eigenvalue weighted by molar-refractivity contribution is 0.221. The first-order chi connectivity index (χ1) is 20.2. The van der Waals surface area contributed by atoms with E-state index in [9.17, 15) is 4.79 Å². The number of aromatic nitrogens is 1. The van der Waals surface area contributed by atoms with Gasteiger partial charge in [0.2, 0.25) is 0 Å². The lowest BCUT2D eigenvalue weighted by atomic mass is 9.92. The predicted octanol–water partition coefficient (Wildman–Crippen LogP) is 5.68. The van der Waals surface area contributed by atoms with Crippen LogP contribution in [0.15, 0.2) is 79.0 Å². The molecule has 2 amide bonds. The highest BCUT2D eigenvalue weighted by molar-refractivity contribution is 5.73. The number of carbonyl (C=O) groups is 1. The van der Waals surface area contributed by atoms with Crippen LogP contribution in [-0.2, 0) is 6.54 Å². The predicted molar refractivity (Wildman–Crippen MR) is 166 cm³/mol. The Labute approximate surface area is 246 Å². The molecule has 7 heteroatoms. The lowest BCUT2D eigenvalue weighted by Gasteiger charge is -2.26. The van der Waals surface area contributed by atoms with Gasteiger partial charge in [-0.3, -0.25) is 9.88 Å². The molecule has 1 atom stereocenters. The van der Waals surface area contributed by atoms with Gasteiger partial charge in [-0.1, -0.05) is 55.0 Å². The van der Waals surface area contributed by atoms with Gasteiger partial charge in [-0.15, -0.1) is 0 Å². The van der Waals surface area contributed by atoms with Gasteiger partial charge in [0.05, 0.1) is 6.61 Å². The number of ether oxygens (including phenoxy) is 1. The van der Waals surface area contributed by atoms with E-state index < -0.39 is 0 Å². The molecule has 1 aliphatic heterocycles. The zero-order chi connectivity index (χ0) is 28.5. The third-order valence-corrected chi connectivity index (χ3v) is 7.70. The highest BCUT2D eigenvalue weighted by atomic mass is 16.5. The van der Waals surface area contributed by atoms with Crippen LogP contribution >= 0.6 is 0 Å². The van der Waals surface area contributed by atoms with Crippen molar-refractivity contribution < 1.29 is 9.53 Å². The minimum atomic E-state index is -0.117. The summed E-state index contributed by atoms with van der Waals surface area (Å²) in [6.07, 6.45) is 8.53. The van der Waals surface area contributed by atoms with Crippen molar-refractivity contribution in [3.05, 3.63) is 95.8 Å². The van der Waals surface area contributed by atoms with E-state index in [2.05, 4.69) is 99.2 Å². The van der Waals surface area contributed by atoms with E-state index in [0.29, 0.717) is 19.7 Å². The summed E-state index contributed by atoms with van der Waals surface area (Å²) >= 11 is 0. The number of nitrogens with zero attached hydrogens (tertiary/aromatic N) is 3. The molecule has 1 fully saturated rings. The van der Waals surface area contributed by atoms with E-state index in [0.717, 1.165) is 50.3 Å². The van der Waals surface area contributed by atoms with Gasteiger partial charge >= 0.3 is 6.03 Å². The maximum atomic E-state index is 12.2. The topological polar surface area (TPSA) is 69.7 Å². The molecule has 0 saturated carbocycles. The van der Waals surface area contributed by atoms with Gasteiger partial charge < -0.3 is 20.3 Å². The largest absolute Gasteiger partial charge is 0.494 e. The number of amides is 2. The summed E-state index contributed by atoms with van der Waals surface area (Å²) in [6, 6.07) is 25.0. The molecular formula is C34H47N5O2. The van der Waals surface area contributed by atoms with E-state index >= 15 is 0 Å². The van der Waals surface area contributed by atoms with Crippen molar-refractivity contribution in [2.24, 2.45) is 0 Å². The molecule has 0 radical (unpaired) electrons. The maximum absolute atomic E-state index is 12.2. The van der Waals surface area contributed by atoms with Crippen LogP contribution in [0.25, 0.3) is 0 Å². The third kappa shape index (κ3) is 11.2. The second kappa shape index (κ2) is 17.4. The Hall–Kier alpha value is -3.42. The molecule has 0 aliphatic carbocycles. The lowest BCUT2D eigenvalue weighted by Crippen LogP contribution is -2.37. The standard InChI is InChI=1S/C34H47N5O2/c1-38(26-19-32(30-12-4-2-5-13-30)33-14-6-7-20-35-33)23-10-21-36-34(40)37-22-11-27-41-31-17-15-29(16-18-31)28-39-24-8-3-9-25-39/h2,4-7,12-18,20,32H,3,8-11,19,21-28H2,1H3,(H2,36,37,40). The quantitative estimate of drug-likeness (QED) is 0.222. The molecule has 1 aromatic heterocycles. The number of rotatable bonds is 16. The minimum absolute atomic E-state index is 0.117. The maximum Gasteiger partial charge on any atom is 0.314 e. The van der Waals surface area contributed by atoms with Crippen LogP contribution in [0.4, 0.5) is 4.79 Å². The summed E-state index contributed by atoms with van der Waals surface area (Å²) < 4.78 is 5.86. The molecule has 0 bridgehead atoms. The van der Waals surface area contributed by atoms with Crippen LogP contribution in [0.2, 0.25) is 0 Å². The average Bonchev–Trinajstić information content (AvgIpc) is 3.02. The molecule has 0 spiro atoms. The second-order valence-corrected chi connectivity index (χ2v) is 11.0. The number of hydrogen-bond donors (Lipinski definition) is 2. The van der Waals surface area contributed by atoms with Crippen LogP contribution in [0.3, 0.4) is 0 Å². The van der Waals surface area contributed by atoms with Crippen molar-refractivity contribution >= 4 is 6.03 Å². The van der Waals surface area contributed by atoms with E-state index in [-0.39, 0.29) is 11.9 Å². The molecular weight excluding hydrogens is 510 g/mol. The Balaban J connectivity index is 1.03. The fraction of sp³-hybridized carbons (Fsp3) is 0.471. The Morgan fingerprint density at radius 3 is 2.37 bits per heavy atom. The summed E-state index contributed by atoms with van der Waals surface area (Å²) in [7, 11) is 2.14. The Kier molecular flexibility index (Phi) is 13.0. The highest BCUT2D eigenvalue weighted by Gasteiger charge is 2.16.